The minimum absolute atomic E-state index is 0.282. The van der Waals surface area contributed by atoms with Crippen molar-refractivity contribution in [3.8, 4) is 0 Å². The van der Waals surface area contributed by atoms with Gasteiger partial charge in [-0.25, -0.2) is 19.3 Å². The van der Waals surface area contributed by atoms with Gasteiger partial charge >= 0.3 is 0 Å². The van der Waals surface area contributed by atoms with Crippen molar-refractivity contribution in [1.82, 2.24) is 19.9 Å². The van der Waals surface area contributed by atoms with Crippen LogP contribution in [0.1, 0.15) is 0 Å². The summed E-state index contributed by atoms with van der Waals surface area (Å²) in [6.07, 6.45) is 6.15. The van der Waals surface area contributed by atoms with Crippen molar-refractivity contribution < 1.29 is 9.18 Å². The van der Waals surface area contributed by atoms with Crippen molar-refractivity contribution in [2.75, 3.05) is 31.3 Å². The van der Waals surface area contributed by atoms with Crippen LogP contribution in [0.15, 0.2) is 53.4 Å². The van der Waals surface area contributed by atoms with Crippen molar-refractivity contribution in [2.45, 2.75) is 0 Å². The summed E-state index contributed by atoms with van der Waals surface area (Å²) in [7, 11) is 3.83. The lowest BCUT2D eigenvalue weighted by Gasteiger charge is -2.10. The summed E-state index contributed by atoms with van der Waals surface area (Å²) in [6, 6.07) is 6.36. The number of amides is 1. The molecule has 0 radical (unpaired) electrons. The number of benzene rings is 1. The number of nitrogens with one attached hydrogen (secondary N) is 2. The molecule has 0 aliphatic heterocycles. The smallest absolute Gasteiger partial charge is 0.249 e. The van der Waals surface area contributed by atoms with Gasteiger partial charge in [-0.2, -0.15) is 0 Å². The summed E-state index contributed by atoms with van der Waals surface area (Å²) >= 11 is 3.13. The quantitative estimate of drug-likeness (QED) is 0.563. The lowest BCUT2D eigenvalue weighted by Crippen LogP contribution is -2.13. The zero-order valence-electron chi connectivity index (χ0n) is 15.3. The van der Waals surface area contributed by atoms with E-state index < -0.39 is 0 Å². The Morgan fingerprint density at radius 3 is 2.82 bits per heavy atom. The van der Waals surface area contributed by atoms with Crippen molar-refractivity contribution >= 4 is 50.1 Å². The summed E-state index contributed by atoms with van der Waals surface area (Å²) in [4.78, 5) is 26.6. The van der Waals surface area contributed by atoms with E-state index in [0.717, 1.165) is 0 Å². The van der Waals surface area contributed by atoms with Gasteiger partial charge in [-0.3, -0.25) is 4.79 Å². The Bertz CT molecular complexity index is 1040. The number of carbonyl (C=O) groups is 1. The maximum atomic E-state index is 13.8. The fraction of sp³-hybridized carbons (Fsp3) is 0.158. The molecule has 0 saturated heterocycles. The second kappa shape index (κ2) is 8.85. The number of likely N-dealkylation sites (N-methyl/N-ethyl adjacent to an activating group) is 1. The van der Waals surface area contributed by atoms with E-state index in [1.807, 2.05) is 19.0 Å². The summed E-state index contributed by atoms with van der Waals surface area (Å²) in [5, 5.41) is 6.43. The largest absolute Gasteiger partial charge is 0.340 e. The SMILES string of the molecule is CN(C)CC=CC(=O)Nc1cc2c(Nc3ccc(Br)c(F)c3)ncnc2cn1. The molecule has 3 aromatic rings. The van der Waals surface area contributed by atoms with Crippen LogP contribution in [-0.4, -0.2) is 46.4 Å². The van der Waals surface area contributed by atoms with Crippen molar-refractivity contribution in [2.24, 2.45) is 0 Å². The molecule has 144 valence electrons. The molecule has 0 bridgehead atoms. The number of aromatic nitrogens is 3. The van der Waals surface area contributed by atoms with Gasteiger partial charge < -0.3 is 15.5 Å². The van der Waals surface area contributed by atoms with E-state index in [2.05, 4.69) is 41.5 Å². The zero-order valence-corrected chi connectivity index (χ0v) is 16.9. The first-order chi connectivity index (χ1) is 13.4. The molecule has 2 N–H and O–H groups in total. The first-order valence-electron chi connectivity index (χ1n) is 8.37. The van der Waals surface area contributed by atoms with E-state index >= 15 is 0 Å². The topological polar surface area (TPSA) is 83.0 Å². The van der Waals surface area contributed by atoms with Gasteiger partial charge in [-0.15, -0.1) is 0 Å². The van der Waals surface area contributed by atoms with Gasteiger partial charge in [0, 0.05) is 23.7 Å². The highest BCUT2D eigenvalue weighted by Crippen LogP contribution is 2.26. The van der Waals surface area contributed by atoms with Gasteiger partial charge in [0.25, 0.3) is 0 Å². The highest BCUT2D eigenvalue weighted by Gasteiger charge is 2.09. The molecule has 7 nitrogen and oxygen atoms in total. The van der Waals surface area contributed by atoms with E-state index in [0.29, 0.717) is 39.2 Å². The minimum Gasteiger partial charge on any atom is -0.340 e. The number of halogens is 2. The number of fused-ring (bicyclic) bond motifs is 1. The van der Waals surface area contributed by atoms with E-state index in [-0.39, 0.29) is 11.7 Å². The zero-order chi connectivity index (χ0) is 20.1. The van der Waals surface area contributed by atoms with Gasteiger partial charge in [-0.1, -0.05) is 6.08 Å². The predicted molar refractivity (Wildman–Crippen MR) is 111 cm³/mol. The molecule has 2 aromatic heterocycles. The summed E-state index contributed by atoms with van der Waals surface area (Å²) < 4.78 is 14.1. The van der Waals surface area contributed by atoms with Crippen LogP contribution in [0.4, 0.5) is 21.7 Å². The van der Waals surface area contributed by atoms with E-state index in [9.17, 15) is 9.18 Å². The Kier molecular flexibility index (Phi) is 6.27. The van der Waals surface area contributed by atoms with Crippen LogP contribution >= 0.6 is 15.9 Å². The average molecular weight is 445 g/mol. The first-order valence-corrected chi connectivity index (χ1v) is 9.17. The molecule has 1 amide bonds. The number of nitrogens with zero attached hydrogens (tertiary/aromatic N) is 4. The standard InChI is InChI=1S/C19H18BrFN6O/c1-27(2)7-3-4-18(28)26-17-9-13-16(10-22-17)23-11-24-19(13)25-12-5-6-14(20)15(21)8-12/h3-6,8-11H,7H2,1-2H3,(H,22,26,28)(H,23,24,25). The predicted octanol–water partition coefficient (Wildman–Crippen LogP) is 3.73. The minimum atomic E-state index is -0.387. The number of hydrogen-bond acceptors (Lipinski definition) is 6. The summed E-state index contributed by atoms with van der Waals surface area (Å²) in [6.45, 7) is 0.657. The third-order valence-electron chi connectivity index (χ3n) is 3.70. The molecule has 0 fully saturated rings. The fourth-order valence-electron chi connectivity index (χ4n) is 2.38. The number of carbonyl (C=O) groups excluding carboxylic acids is 1. The van der Waals surface area contributed by atoms with Gasteiger partial charge in [0.2, 0.25) is 5.91 Å². The third-order valence-corrected chi connectivity index (χ3v) is 4.34. The van der Waals surface area contributed by atoms with Crippen LogP contribution in [0, 0.1) is 5.82 Å². The van der Waals surface area contributed by atoms with Crippen LogP contribution in [0.25, 0.3) is 10.9 Å². The van der Waals surface area contributed by atoms with Crippen LogP contribution in [0.3, 0.4) is 0 Å². The number of rotatable bonds is 6. The first kappa shape index (κ1) is 19.8. The Morgan fingerprint density at radius 2 is 2.07 bits per heavy atom. The molecule has 0 unspecified atom stereocenters. The Balaban J connectivity index is 1.84. The van der Waals surface area contributed by atoms with Crippen molar-refractivity contribution in [3.05, 3.63) is 59.2 Å². The Hall–Kier alpha value is -2.91. The molecule has 3 rings (SSSR count). The molecule has 9 heteroatoms. The second-order valence-corrected chi connectivity index (χ2v) is 7.07. The van der Waals surface area contributed by atoms with E-state index in [4.69, 9.17) is 0 Å². The van der Waals surface area contributed by atoms with Crippen LogP contribution in [0.5, 0.6) is 0 Å². The number of anilines is 3. The Morgan fingerprint density at radius 1 is 1.25 bits per heavy atom. The summed E-state index contributed by atoms with van der Waals surface area (Å²) in [5.41, 5.74) is 1.13. The van der Waals surface area contributed by atoms with Crippen molar-refractivity contribution in [3.63, 3.8) is 0 Å². The van der Waals surface area contributed by atoms with Crippen molar-refractivity contribution in [1.29, 1.82) is 0 Å². The number of pyridine rings is 1. The van der Waals surface area contributed by atoms with Gasteiger partial charge in [0.1, 0.15) is 23.8 Å². The second-order valence-electron chi connectivity index (χ2n) is 6.22. The monoisotopic (exact) mass is 444 g/mol. The van der Waals surface area contributed by atoms with Gasteiger partial charge in [-0.05, 0) is 54.3 Å². The lowest BCUT2D eigenvalue weighted by atomic mass is 10.2. The molecule has 28 heavy (non-hydrogen) atoms. The van der Waals surface area contributed by atoms with E-state index in [1.165, 1.54) is 18.5 Å². The molecule has 2 heterocycles. The van der Waals surface area contributed by atoms with Gasteiger partial charge in [0.15, 0.2) is 0 Å². The fourth-order valence-corrected chi connectivity index (χ4v) is 2.62. The van der Waals surface area contributed by atoms with Gasteiger partial charge in [0.05, 0.1) is 16.2 Å². The molecule has 0 atom stereocenters. The normalized spacial score (nSPS) is 11.3. The molecule has 0 aliphatic rings. The third kappa shape index (κ3) is 5.08. The highest BCUT2D eigenvalue weighted by atomic mass is 79.9. The average Bonchev–Trinajstić information content (AvgIpc) is 2.65. The maximum absolute atomic E-state index is 13.8. The lowest BCUT2D eigenvalue weighted by molar-refractivity contribution is -0.111. The highest BCUT2D eigenvalue weighted by molar-refractivity contribution is 9.10. The molecule has 0 saturated carbocycles. The molecule has 0 spiro atoms. The van der Waals surface area contributed by atoms with Crippen LogP contribution in [-0.2, 0) is 4.79 Å². The van der Waals surface area contributed by atoms with E-state index in [1.54, 1.807) is 30.5 Å². The van der Waals surface area contributed by atoms with Crippen LogP contribution in [0.2, 0.25) is 0 Å². The number of hydrogen-bond donors (Lipinski definition) is 2. The molecule has 1 aromatic carbocycles. The molecule has 0 aliphatic carbocycles. The molecular formula is C19H18BrFN6O. The molecular weight excluding hydrogens is 427 g/mol. The maximum Gasteiger partial charge on any atom is 0.249 e. The Labute approximate surface area is 169 Å². The summed E-state index contributed by atoms with van der Waals surface area (Å²) in [5.74, 6) is 0.178. The van der Waals surface area contributed by atoms with Crippen LogP contribution < -0.4 is 10.6 Å².